The molecule has 0 saturated carbocycles. The van der Waals surface area contributed by atoms with Crippen molar-refractivity contribution in [3.63, 3.8) is 0 Å². The number of aromatic amines is 1. The Morgan fingerprint density at radius 2 is 1.80 bits per heavy atom. The predicted molar refractivity (Wildman–Crippen MR) is 65.3 cm³/mol. The van der Waals surface area contributed by atoms with Crippen LogP contribution in [0.5, 0.6) is 0 Å². The number of nitrogens with one attached hydrogen (secondary N) is 1. The summed E-state index contributed by atoms with van der Waals surface area (Å²) in [7, 11) is 0. The summed E-state index contributed by atoms with van der Waals surface area (Å²) in [6, 6.07) is 0. The van der Waals surface area contributed by atoms with E-state index in [1.54, 1.807) is 0 Å². The standard InChI is InChI=1S/C11H15N3S/c1-5-6(2)9(13-7(5)3)10-8(4)15-11(12)14-10/h13H,1-4H3,(H2,12,14). The van der Waals surface area contributed by atoms with E-state index in [2.05, 4.69) is 30.7 Å². The number of thiazole rings is 1. The van der Waals surface area contributed by atoms with Crippen molar-refractivity contribution in [1.29, 1.82) is 0 Å². The number of nitrogens with zero attached hydrogens (tertiary/aromatic N) is 1. The minimum Gasteiger partial charge on any atom is -0.375 e. The summed E-state index contributed by atoms with van der Waals surface area (Å²) >= 11 is 1.53. The Morgan fingerprint density at radius 1 is 1.13 bits per heavy atom. The highest BCUT2D eigenvalue weighted by Crippen LogP contribution is 2.32. The van der Waals surface area contributed by atoms with Gasteiger partial charge in [0, 0.05) is 10.6 Å². The second-order valence-corrected chi connectivity index (χ2v) is 5.07. The van der Waals surface area contributed by atoms with E-state index in [1.165, 1.54) is 28.2 Å². The third kappa shape index (κ3) is 1.55. The van der Waals surface area contributed by atoms with Gasteiger partial charge in [-0.25, -0.2) is 4.98 Å². The van der Waals surface area contributed by atoms with Crippen LogP contribution in [0.3, 0.4) is 0 Å². The van der Waals surface area contributed by atoms with Crippen LogP contribution in [-0.2, 0) is 0 Å². The van der Waals surface area contributed by atoms with Crippen LogP contribution in [0.4, 0.5) is 5.13 Å². The number of anilines is 1. The van der Waals surface area contributed by atoms with Crippen LogP contribution in [0.2, 0.25) is 0 Å². The molecule has 2 heterocycles. The van der Waals surface area contributed by atoms with E-state index < -0.39 is 0 Å². The first-order valence-corrected chi connectivity index (χ1v) is 5.71. The zero-order chi connectivity index (χ0) is 11.2. The highest BCUT2D eigenvalue weighted by molar-refractivity contribution is 7.15. The predicted octanol–water partition coefficient (Wildman–Crippen LogP) is 2.95. The average Bonchev–Trinajstić information content (AvgIpc) is 2.61. The monoisotopic (exact) mass is 221 g/mol. The SMILES string of the molecule is Cc1[nH]c(-c2nc(N)sc2C)c(C)c1C. The summed E-state index contributed by atoms with van der Waals surface area (Å²) < 4.78 is 0. The molecule has 2 aromatic heterocycles. The molecule has 2 aromatic rings. The van der Waals surface area contributed by atoms with Crippen molar-refractivity contribution >= 4 is 16.5 Å². The van der Waals surface area contributed by atoms with E-state index in [9.17, 15) is 0 Å². The second kappa shape index (κ2) is 3.38. The molecule has 0 aliphatic heterocycles. The number of H-pyrrole nitrogens is 1. The molecule has 0 aliphatic carbocycles. The molecule has 3 N–H and O–H groups in total. The van der Waals surface area contributed by atoms with Crippen LogP contribution in [0.25, 0.3) is 11.4 Å². The number of hydrogen-bond donors (Lipinski definition) is 2. The summed E-state index contributed by atoms with van der Waals surface area (Å²) in [5.74, 6) is 0. The maximum Gasteiger partial charge on any atom is 0.180 e. The van der Waals surface area contributed by atoms with Gasteiger partial charge in [0.05, 0.1) is 5.69 Å². The highest BCUT2D eigenvalue weighted by atomic mass is 32.1. The van der Waals surface area contributed by atoms with Crippen molar-refractivity contribution in [1.82, 2.24) is 9.97 Å². The number of aromatic nitrogens is 2. The Labute approximate surface area is 93.4 Å². The van der Waals surface area contributed by atoms with Crippen molar-refractivity contribution in [2.45, 2.75) is 27.7 Å². The zero-order valence-electron chi connectivity index (χ0n) is 9.43. The van der Waals surface area contributed by atoms with E-state index in [-0.39, 0.29) is 0 Å². The number of hydrogen-bond acceptors (Lipinski definition) is 3. The molecule has 4 heteroatoms. The summed E-state index contributed by atoms with van der Waals surface area (Å²) in [5.41, 5.74) is 11.6. The van der Waals surface area contributed by atoms with Crippen molar-refractivity contribution < 1.29 is 0 Å². The summed E-state index contributed by atoms with van der Waals surface area (Å²) in [6.45, 7) is 8.37. The molecule has 80 valence electrons. The Morgan fingerprint density at radius 3 is 2.20 bits per heavy atom. The quantitative estimate of drug-likeness (QED) is 0.778. The highest BCUT2D eigenvalue weighted by Gasteiger charge is 2.14. The Bertz CT molecular complexity index is 508. The summed E-state index contributed by atoms with van der Waals surface area (Å²) in [4.78, 5) is 8.90. The van der Waals surface area contributed by atoms with Crippen LogP contribution in [0.15, 0.2) is 0 Å². The van der Waals surface area contributed by atoms with Gasteiger partial charge in [0.1, 0.15) is 5.69 Å². The van der Waals surface area contributed by atoms with Crippen LogP contribution < -0.4 is 5.73 Å². The number of rotatable bonds is 1. The van der Waals surface area contributed by atoms with Gasteiger partial charge in [0.25, 0.3) is 0 Å². The van der Waals surface area contributed by atoms with Crippen molar-refractivity contribution in [3.05, 3.63) is 21.7 Å². The van der Waals surface area contributed by atoms with Gasteiger partial charge in [0.2, 0.25) is 0 Å². The van der Waals surface area contributed by atoms with Gasteiger partial charge in [-0.05, 0) is 38.8 Å². The van der Waals surface area contributed by atoms with E-state index in [0.717, 1.165) is 16.3 Å². The molecule has 0 bridgehead atoms. The Kier molecular flexibility index (Phi) is 2.31. The molecule has 0 saturated heterocycles. The molecule has 2 rings (SSSR count). The molecule has 0 atom stereocenters. The fraction of sp³-hybridized carbons (Fsp3) is 0.364. The molecule has 15 heavy (non-hydrogen) atoms. The van der Waals surface area contributed by atoms with Gasteiger partial charge in [-0.3, -0.25) is 0 Å². The van der Waals surface area contributed by atoms with Crippen LogP contribution in [0, 0.1) is 27.7 Å². The van der Waals surface area contributed by atoms with E-state index in [1.807, 2.05) is 6.92 Å². The van der Waals surface area contributed by atoms with Crippen molar-refractivity contribution in [2.75, 3.05) is 5.73 Å². The Balaban J connectivity index is 2.64. The molecule has 0 fully saturated rings. The summed E-state index contributed by atoms with van der Waals surface area (Å²) in [6.07, 6.45) is 0. The third-order valence-electron chi connectivity index (χ3n) is 2.86. The molecular weight excluding hydrogens is 206 g/mol. The van der Waals surface area contributed by atoms with E-state index in [4.69, 9.17) is 5.73 Å². The minimum absolute atomic E-state index is 0.631. The maximum absolute atomic E-state index is 5.71. The molecule has 0 radical (unpaired) electrons. The lowest BCUT2D eigenvalue weighted by molar-refractivity contribution is 1.22. The first-order valence-electron chi connectivity index (χ1n) is 4.89. The lowest BCUT2D eigenvalue weighted by atomic mass is 10.1. The molecule has 3 nitrogen and oxygen atoms in total. The van der Waals surface area contributed by atoms with Crippen LogP contribution in [-0.4, -0.2) is 9.97 Å². The molecule has 0 aromatic carbocycles. The average molecular weight is 221 g/mol. The summed E-state index contributed by atoms with van der Waals surface area (Å²) in [5, 5.41) is 0.631. The zero-order valence-corrected chi connectivity index (χ0v) is 10.2. The molecular formula is C11H15N3S. The lowest BCUT2D eigenvalue weighted by Crippen LogP contribution is -1.86. The fourth-order valence-electron chi connectivity index (χ4n) is 1.73. The number of aryl methyl sites for hydroxylation is 2. The topological polar surface area (TPSA) is 54.7 Å². The first-order chi connectivity index (χ1) is 7.00. The fourth-order valence-corrected chi connectivity index (χ4v) is 2.42. The maximum atomic E-state index is 5.71. The smallest absolute Gasteiger partial charge is 0.180 e. The van der Waals surface area contributed by atoms with Crippen LogP contribution >= 0.6 is 11.3 Å². The van der Waals surface area contributed by atoms with Gasteiger partial charge < -0.3 is 10.7 Å². The number of nitrogen functional groups attached to an aromatic ring is 1. The minimum atomic E-state index is 0.631. The van der Waals surface area contributed by atoms with Gasteiger partial charge in [-0.2, -0.15) is 0 Å². The molecule has 0 amide bonds. The third-order valence-corrected chi connectivity index (χ3v) is 3.66. The second-order valence-electron chi connectivity index (χ2n) is 3.83. The lowest BCUT2D eigenvalue weighted by Gasteiger charge is -1.97. The molecule has 0 unspecified atom stereocenters. The number of nitrogens with two attached hydrogens (primary N) is 1. The van der Waals surface area contributed by atoms with Crippen LogP contribution in [0.1, 0.15) is 21.7 Å². The van der Waals surface area contributed by atoms with E-state index in [0.29, 0.717) is 5.13 Å². The molecule has 0 spiro atoms. The largest absolute Gasteiger partial charge is 0.375 e. The van der Waals surface area contributed by atoms with Crippen molar-refractivity contribution in [3.8, 4) is 11.4 Å². The van der Waals surface area contributed by atoms with Gasteiger partial charge in [-0.1, -0.05) is 0 Å². The van der Waals surface area contributed by atoms with Gasteiger partial charge in [-0.15, -0.1) is 11.3 Å². The normalized spacial score (nSPS) is 10.9. The molecule has 0 aliphatic rings. The van der Waals surface area contributed by atoms with Gasteiger partial charge >= 0.3 is 0 Å². The van der Waals surface area contributed by atoms with Crippen molar-refractivity contribution in [2.24, 2.45) is 0 Å². The van der Waals surface area contributed by atoms with E-state index >= 15 is 0 Å². The first kappa shape index (κ1) is 10.2. The Hall–Kier alpha value is -1.29. The van der Waals surface area contributed by atoms with Gasteiger partial charge in [0.15, 0.2) is 5.13 Å².